The number of benzene rings is 1. The zero-order valence-corrected chi connectivity index (χ0v) is 14.8. The highest BCUT2D eigenvalue weighted by Crippen LogP contribution is 2.19. The molecule has 0 spiro atoms. The van der Waals surface area contributed by atoms with E-state index in [-0.39, 0.29) is 11.7 Å². The van der Waals surface area contributed by atoms with Crippen LogP contribution in [0, 0.1) is 6.92 Å². The normalized spacial score (nSPS) is 10.9. The molecule has 0 aliphatic heterocycles. The summed E-state index contributed by atoms with van der Waals surface area (Å²) in [5.74, 6) is -0.122. The van der Waals surface area contributed by atoms with Gasteiger partial charge in [-0.1, -0.05) is 32.0 Å². The third-order valence-corrected chi connectivity index (χ3v) is 4.36. The molecule has 2 rings (SSSR count). The van der Waals surface area contributed by atoms with Crippen LogP contribution in [0.15, 0.2) is 30.5 Å². The first-order valence-electron chi connectivity index (χ1n) is 8.40. The van der Waals surface area contributed by atoms with E-state index in [0.717, 1.165) is 24.1 Å². The number of Topliss-reactive ketones (excluding diaryl/α,β-unsaturated/α-hetero) is 1. The van der Waals surface area contributed by atoms with E-state index in [4.69, 9.17) is 0 Å². The van der Waals surface area contributed by atoms with Gasteiger partial charge >= 0.3 is 0 Å². The zero-order chi connectivity index (χ0) is 17.7. The van der Waals surface area contributed by atoms with Gasteiger partial charge in [0.1, 0.15) is 0 Å². The number of aromatic nitrogens is 2. The first-order chi connectivity index (χ1) is 11.5. The van der Waals surface area contributed by atoms with Gasteiger partial charge in [-0.25, -0.2) is 0 Å². The summed E-state index contributed by atoms with van der Waals surface area (Å²) >= 11 is 0. The lowest BCUT2D eigenvalue weighted by Gasteiger charge is -2.15. The van der Waals surface area contributed by atoms with Gasteiger partial charge in [0, 0.05) is 17.8 Å². The van der Waals surface area contributed by atoms with Gasteiger partial charge in [-0.05, 0) is 38.3 Å². The molecule has 1 heterocycles. The van der Waals surface area contributed by atoms with Crippen LogP contribution in [0.2, 0.25) is 0 Å². The number of ketones is 1. The quantitative estimate of drug-likeness (QED) is 0.789. The van der Waals surface area contributed by atoms with Gasteiger partial charge in [0.05, 0.1) is 17.8 Å². The van der Waals surface area contributed by atoms with Gasteiger partial charge in [0.25, 0.3) is 5.91 Å². The molecule has 1 aromatic heterocycles. The van der Waals surface area contributed by atoms with Gasteiger partial charge in [0.15, 0.2) is 5.78 Å². The number of carbonyl (C=O) groups is 2. The van der Waals surface area contributed by atoms with Crippen LogP contribution < -0.4 is 5.32 Å². The Labute approximate surface area is 143 Å². The molecule has 5 nitrogen and oxygen atoms in total. The lowest BCUT2D eigenvalue weighted by molar-refractivity contribution is 0.0949. The molecule has 1 N–H and O–H groups in total. The number of rotatable bonds is 7. The second-order valence-electron chi connectivity index (χ2n) is 6.00. The third kappa shape index (κ3) is 3.91. The summed E-state index contributed by atoms with van der Waals surface area (Å²) in [5, 5.41) is 7.29. The molecule has 0 saturated heterocycles. The number of nitrogens with zero attached hydrogens (tertiary/aromatic N) is 2. The molecule has 0 radical (unpaired) electrons. The predicted octanol–water partition coefficient (Wildman–Crippen LogP) is 3.69. The maximum absolute atomic E-state index is 12.4. The first kappa shape index (κ1) is 17.9. The molecule has 0 saturated carbocycles. The fourth-order valence-electron chi connectivity index (χ4n) is 2.83. The second kappa shape index (κ2) is 7.90. The maximum Gasteiger partial charge on any atom is 0.255 e. The molecular formula is C19H25N3O2. The fourth-order valence-corrected chi connectivity index (χ4v) is 2.83. The van der Waals surface area contributed by atoms with Crippen molar-refractivity contribution in [3.8, 4) is 0 Å². The van der Waals surface area contributed by atoms with Crippen LogP contribution in [0.3, 0.4) is 0 Å². The topological polar surface area (TPSA) is 64.0 Å². The van der Waals surface area contributed by atoms with Crippen LogP contribution in [-0.2, 0) is 6.54 Å². The van der Waals surface area contributed by atoms with E-state index >= 15 is 0 Å². The van der Waals surface area contributed by atoms with E-state index < -0.39 is 0 Å². The smallest absolute Gasteiger partial charge is 0.255 e. The monoisotopic (exact) mass is 327 g/mol. The van der Waals surface area contributed by atoms with E-state index in [1.807, 2.05) is 29.8 Å². The highest BCUT2D eigenvalue weighted by molar-refractivity contribution is 5.95. The Morgan fingerprint density at radius 2 is 1.96 bits per heavy atom. The highest BCUT2D eigenvalue weighted by atomic mass is 16.1. The molecule has 128 valence electrons. The Morgan fingerprint density at radius 1 is 1.25 bits per heavy atom. The summed E-state index contributed by atoms with van der Waals surface area (Å²) in [5.41, 5.74) is 3.05. The largest absolute Gasteiger partial charge is 0.348 e. The number of carbonyl (C=O) groups excluding carboxylic acids is 2. The molecule has 0 bridgehead atoms. The van der Waals surface area contributed by atoms with Crippen molar-refractivity contribution < 1.29 is 9.59 Å². The Balaban J connectivity index is 2.08. The molecule has 0 unspecified atom stereocenters. The standard InChI is InChI=1S/C19H25N3O2/c1-5-17(6-2)22-13(3)18(12-21-22)19(24)20-11-15-8-7-9-16(10-15)14(4)23/h7-10,12,17H,5-6,11H2,1-4H3,(H,20,24). The van der Waals surface area contributed by atoms with Crippen LogP contribution in [-0.4, -0.2) is 21.5 Å². The Hall–Kier alpha value is -2.43. The first-order valence-corrected chi connectivity index (χ1v) is 8.40. The van der Waals surface area contributed by atoms with Gasteiger partial charge in [-0.2, -0.15) is 5.10 Å². The van der Waals surface area contributed by atoms with E-state index in [0.29, 0.717) is 23.7 Å². The summed E-state index contributed by atoms with van der Waals surface area (Å²) < 4.78 is 1.94. The maximum atomic E-state index is 12.4. The van der Waals surface area contributed by atoms with Crippen molar-refractivity contribution in [3.05, 3.63) is 52.8 Å². The minimum Gasteiger partial charge on any atom is -0.348 e. The molecular weight excluding hydrogens is 302 g/mol. The van der Waals surface area contributed by atoms with Crippen LogP contribution in [0.25, 0.3) is 0 Å². The third-order valence-electron chi connectivity index (χ3n) is 4.36. The molecule has 0 aliphatic carbocycles. The average Bonchev–Trinajstić information content (AvgIpc) is 2.96. The number of hydrogen-bond donors (Lipinski definition) is 1. The van der Waals surface area contributed by atoms with Crippen molar-refractivity contribution in [2.24, 2.45) is 0 Å². The summed E-state index contributed by atoms with van der Waals surface area (Å²) in [6.45, 7) is 8.09. The Kier molecular flexibility index (Phi) is 5.90. The summed E-state index contributed by atoms with van der Waals surface area (Å²) in [6, 6.07) is 7.63. The molecule has 24 heavy (non-hydrogen) atoms. The molecule has 5 heteroatoms. The summed E-state index contributed by atoms with van der Waals surface area (Å²) in [6.07, 6.45) is 3.60. The van der Waals surface area contributed by atoms with Crippen molar-refractivity contribution in [2.45, 2.75) is 53.1 Å². The Morgan fingerprint density at radius 3 is 2.58 bits per heavy atom. The van der Waals surface area contributed by atoms with E-state index in [2.05, 4.69) is 24.3 Å². The second-order valence-corrected chi connectivity index (χ2v) is 6.00. The molecule has 0 fully saturated rings. The van der Waals surface area contributed by atoms with Crippen LogP contribution in [0.5, 0.6) is 0 Å². The van der Waals surface area contributed by atoms with Gasteiger partial charge in [-0.15, -0.1) is 0 Å². The van der Waals surface area contributed by atoms with Crippen LogP contribution in [0.1, 0.15) is 71.6 Å². The minimum absolute atomic E-state index is 0.0190. The summed E-state index contributed by atoms with van der Waals surface area (Å²) in [7, 11) is 0. The van der Waals surface area contributed by atoms with Crippen molar-refractivity contribution >= 4 is 11.7 Å². The van der Waals surface area contributed by atoms with E-state index in [1.165, 1.54) is 6.92 Å². The average molecular weight is 327 g/mol. The number of amides is 1. The van der Waals surface area contributed by atoms with Crippen LogP contribution >= 0.6 is 0 Å². The Bertz CT molecular complexity index is 730. The van der Waals surface area contributed by atoms with Gasteiger partial charge in [-0.3, -0.25) is 14.3 Å². The number of hydrogen-bond acceptors (Lipinski definition) is 3. The van der Waals surface area contributed by atoms with E-state index in [9.17, 15) is 9.59 Å². The van der Waals surface area contributed by atoms with E-state index in [1.54, 1.807) is 12.3 Å². The zero-order valence-electron chi connectivity index (χ0n) is 14.8. The lowest BCUT2D eigenvalue weighted by Crippen LogP contribution is -2.23. The molecule has 1 aromatic carbocycles. The fraction of sp³-hybridized carbons (Fsp3) is 0.421. The van der Waals surface area contributed by atoms with Crippen molar-refractivity contribution in [3.63, 3.8) is 0 Å². The highest BCUT2D eigenvalue weighted by Gasteiger charge is 2.17. The molecule has 1 amide bonds. The molecule has 0 aliphatic rings. The van der Waals surface area contributed by atoms with Crippen molar-refractivity contribution in [1.82, 2.24) is 15.1 Å². The minimum atomic E-state index is -0.141. The molecule has 0 atom stereocenters. The lowest BCUT2D eigenvalue weighted by atomic mass is 10.1. The number of nitrogens with one attached hydrogen (secondary N) is 1. The van der Waals surface area contributed by atoms with Crippen LogP contribution in [0.4, 0.5) is 0 Å². The SMILES string of the molecule is CCC(CC)n1ncc(C(=O)NCc2cccc(C(C)=O)c2)c1C. The summed E-state index contributed by atoms with van der Waals surface area (Å²) in [4.78, 5) is 23.9. The van der Waals surface area contributed by atoms with Gasteiger partial charge in [0.2, 0.25) is 0 Å². The van der Waals surface area contributed by atoms with Crippen molar-refractivity contribution in [2.75, 3.05) is 0 Å². The van der Waals surface area contributed by atoms with Gasteiger partial charge < -0.3 is 5.32 Å². The van der Waals surface area contributed by atoms with Crippen molar-refractivity contribution in [1.29, 1.82) is 0 Å². The predicted molar refractivity (Wildman–Crippen MR) is 94.2 cm³/mol. The molecule has 2 aromatic rings.